The van der Waals surface area contributed by atoms with Crippen molar-refractivity contribution in [1.82, 2.24) is 5.32 Å². The molecule has 114 valence electrons. The number of rotatable bonds is 4. The number of benzene rings is 1. The van der Waals surface area contributed by atoms with Gasteiger partial charge >= 0.3 is 0 Å². The molecule has 0 aromatic heterocycles. The van der Waals surface area contributed by atoms with E-state index in [-0.39, 0.29) is 17.5 Å². The number of nitrogens with zero attached hydrogens (tertiary/aromatic N) is 2. The maximum absolute atomic E-state index is 11.9. The van der Waals surface area contributed by atoms with Crippen LogP contribution in [0.15, 0.2) is 29.8 Å². The Morgan fingerprint density at radius 2 is 1.86 bits per heavy atom. The molecule has 2 aliphatic rings. The molecule has 1 heterocycles. The van der Waals surface area contributed by atoms with E-state index in [9.17, 15) is 4.79 Å². The van der Waals surface area contributed by atoms with Gasteiger partial charge in [-0.25, -0.2) is 0 Å². The van der Waals surface area contributed by atoms with Gasteiger partial charge in [-0.3, -0.25) is 4.79 Å². The minimum absolute atomic E-state index is 0.178. The summed E-state index contributed by atoms with van der Waals surface area (Å²) in [7, 11) is 0. The van der Waals surface area contributed by atoms with Crippen molar-refractivity contribution < 1.29 is 4.79 Å². The molecule has 0 bridgehead atoms. The molecule has 3 rings (SSSR count). The zero-order valence-corrected chi connectivity index (χ0v) is 12.7. The molecule has 1 aromatic carbocycles. The van der Waals surface area contributed by atoms with Gasteiger partial charge in [0, 0.05) is 24.8 Å². The Bertz CT molecular complexity index is 602. The van der Waals surface area contributed by atoms with Crippen LogP contribution in [0.5, 0.6) is 0 Å². The fourth-order valence-corrected chi connectivity index (χ4v) is 2.74. The number of anilines is 1. The summed E-state index contributed by atoms with van der Waals surface area (Å²) in [6.45, 7) is 2.23. The highest BCUT2D eigenvalue weighted by molar-refractivity contribution is 6.02. The summed E-state index contributed by atoms with van der Waals surface area (Å²) in [5.74, 6) is -0.259. The molecule has 1 aliphatic carbocycles. The van der Waals surface area contributed by atoms with Crippen LogP contribution in [-0.4, -0.2) is 25.0 Å². The van der Waals surface area contributed by atoms with Gasteiger partial charge in [0.05, 0.1) is 0 Å². The quantitative estimate of drug-likeness (QED) is 0.686. The summed E-state index contributed by atoms with van der Waals surface area (Å²) < 4.78 is 0. The topological polar surface area (TPSA) is 56.1 Å². The fourth-order valence-electron chi connectivity index (χ4n) is 2.74. The first kappa shape index (κ1) is 14.6. The maximum atomic E-state index is 11.9. The first-order chi connectivity index (χ1) is 10.8. The number of carbonyl (C=O) groups excluding carboxylic acids is 1. The third-order valence-corrected chi connectivity index (χ3v) is 4.20. The first-order valence-electron chi connectivity index (χ1n) is 8.04. The fraction of sp³-hybridized carbons (Fsp3) is 0.444. The van der Waals surface area contributed by atoms with Crippen molar-refractivity contribution in [3.05, 3.63) is 35.4 Å². The van der Waals surface area contributed by atoms with Crippen molar-refractivity contribution in [1.29, 1.82) is 5.26 Å². The lowest BCUT2D eigenvalue weighted by Crippen LogP contribution is -2.29. The molecule has 0 radical (unpaired) electrons. The van der Waals surface area contributed by atoms with Gasteiger partial charge in [0.1, 0.15) is 11.6 Å². The smallest absolute Gasteiger partial charge is 0.262 e. The van der Waals surface area contributed by atoms with Gasteiger partial charge in [0.25, 0.3) is 5.91 Å². The molecule has 4 nitrogen and oxygen atoms in total. The molecular weight excluding hydrogens is 274 g/mol. The van der Waals surface area contributed by atoms with Crippen molar-refractivity contribution in [3.8, 4) is 6.07 Å². The summed E-state index contributed by atoms with van der Waals surface area (Å²) in [4.78, 5) is 14.3. The van der Waals surface area contributed by atoms with Crippen molar-refractivity contribution >= 4 is 17.7 Å². The van der Waals surface area contributed by atoms with Gasteiger partial charge in [-0.05, 0) is 55.9 Å². The van der Waals surface area contributed by atoms with Crippen LogP contribution in [0, 0.1) is 11.3 Å². The number of hydrogen-bond donors (Lipinski definition) is 1. The minimum Gasteiger partial charge on any atom is -0.372 e. The summed E-state index contributed by atoms with van der Waals surface area (Å²) in [6.07, 6.45) is 7.53. The monoisotopic (exact) mass is 295 g/mol. The van der Waals surface area contributed by atoms with Crippen LogP contribution in [0.3, 0.4) is 0 Å². The highest BCUT2D eigenvalue weighted by Crippen LogP contribution is 2.22. The zero-order valence-electron chi connectivity index (χ0n) is 12.7. The Morgan fingerprint density at radius 3 is 2.45 bits per heavy atom. The standard InChI is InChI=1S/C18H21N3O/c19-13-15(18(22)20-16-6-7-16)12-14-4-8-17(9-5-14)21-10-2-1-3-11-21/h4-5,8-9,12,16H,1-3,6-7,10-11H2,(H,20,22). The van der Waals surface area contributed by atoms with E-state index in [4.69, 9.17) is 5.26 Å². The largest absolute Gasteiger partial charge is 0.372 e. The van der Waals surface area contributed by atoms with E-state index in [2.05, 4.69) is 22.3 Å². The van der Waals surface area contributed by atoms with Crippen LogP contribution in [0.25, 0.3) is 6.08 Å². The van der Waals surface area contributed by atoms with Gasteiger partial charge in [-0.15, -0.1) is 0 Å². The molecule has 4 heteroatoms. The summed E-state index contributed by atoms with van der Waals surface area (Å²) >= 11 is 0. The number of nitrogens with one attached hydrogen (secondary N) is 1. The van der Waals surface area contributed by atoms with Gasteiger partial charge in [0.2, 0.25) is 0 Å². The number of carbonyl (C=O) groups is 1. The molecule has 0 unspecified atom stereocenters. The van der Waals surface area contributed by atoms with Crippen molar-refractivity contribution in [2.75, 3.05) is 18.0 Å². The number of piperidine rings is 1. The van der Waals surface area contributed by atoms with E-state index in [1.165, 1.54) is 24.9 Å². The first-order valence-corrected chi connectivity index (χ1v) is 8.04. The highest BCUT2D eigenvalue weighted by Gasteiger charge is 2.24. The molecule has 2 fully saturated rings. The molecule has 0 atom stereocenters. The molecule has 1 amide bonds. The van der Waals surface area contributed by atoms with Crippen LogP contribution >= 0.6 is 0 Å². The average Bonchev–Trinajstić information content (AvgIpc) is 3.38. The van der Waals surface area contributed by atoms with Gasteiger partial charge in [-0.1, -0.05) is 12.1 Å². The Kier molecular flexibility index (Phi) is 4.43. The third-order valence-electron chi connectivity index (χ3n) is 4.20. The van der Waals surface area contributed by atoms with E-state index in [0.717, 1.165) is 31.5 Å². The van der Waals surface area contributed by atoms with E-state index in [0.29, 0.717) is 0 Å². The Balaban J connectivity index is 1.69. The lowest BCUT2D eigenvalue weighted by atomic mass is 10.1. The van der Waals surface area contributed by atoms with E-state index >= 15 is 0 Å². The van der Waals surface area contributed by atoms with Crippen molar-refractivity contribution in [3.63, 3.8) is 0 Å². The van der Waals surface area contributed by atoms with Crippen LogP contribution in [0.4, 0.5) is 5.69 Å². The van der Waals surface area contributed by atoms with E-state index < -0.39 is 0 Å². The van der Waals surface area contributed by atoms with Crippen LogP contribution < -0.4 is 10.2 Å². The third kappa shape index (κ3) is 3.67. The summed E-state index contributed by atoms with van der Waals surface area (Å²) in [5.41, 5.74) is 2.29. The molecule has 1 aliphatic heterocycles. The predicted molar refractivity (Wildman–Crippen MR) is 87.3 cm³/mol. The normalized spacial score (nSPS) is 18.7. The SMILES string of the molecule is N#CC(=Cc1ccc(N2CCCCC2)cc1)C(=O)NC1CC1. The molecule has 1 saturated carbocycles. The van der Waals surface area contributed by atoms with Gasteiger partial charge in [-0.2, -0.15) is 5.26 Å². The highest BCUT2D eigenvalue weighted by atomic mass is 16.1. The van der Waals surface area contributed by atoms with Crippen LogP contribution in [-0.2, 0) is 4.79 Å². The second-order valence-corrected chi connectivity index (χ2v) is 6.06. The number of hydrogen-bond acceptors (Lipinski definition) is 3. The Hall–Kier alpha value is -2.28. The van der Waals surface area contributed by atoms with Crippen molar-refractivity contribution in [2.45, 2.75) is 38.1 Å². The van der Waals surface area contributed by atoms with E-state index in [1.54, 1.807) is 6.08 Å². The molecule has 1 aromatic rings. The maximum Gasteiger partial charge on any atom is 0.262 e. The average molecular weight is 295 g/mol. The lowest BCUT2D eigenvalue weighted by Gasteiger charge is -2.28. The lowest BCUT2D eigenvalue weighted by molar-refractivity contribution is -0.117. The predicted octanol–water partition coefficient (Wildman–Crippen LogP) is 2.86. The second kappa shape index (κ2) is 6.65. The summed E-state index contributed by atoms with van der Waals surface area (Å²) in [5, 5.41) is 12.0. The van der Waals surface area contributed by atoms with Crippen molar-refractivity contribution in [2.24, 2.45) is 0 Å². The summed E-state index contributed by atoms with van der Waals surface area (Å²) in [6, 6.07) is 10.4. The molecule has 1 N–H and O–H groups in total. The second-order valence-electron chi connectivity index (χ2n) is 6.06. The molecule has 22 heavy (non-hydrogen) atoms. The molecule has 1 saturated heterocycles. The van der Waals surface area contributed by atoms with Gasteiger partial charge in [0.15, 0.2) is 0 Å². The minimum atomic E-state index is -0.259. The van der Waals surface area contributed by atoms with Gasteiger partial charge < -0.3 is 10.2 Å². The Labute approximate surface area is 131 Å². The molecule has 0 spiro atoms. The Morgan fingerprint density at radius 1 is 1.18 bits per heavy atom. The van der Waals surface area contributed by atoms with E-state index in [1.807, 2.05) is 18.2 Å². The molecular formula is C18H21N3O. The number of nitriles is 1. The number of amides is 1. The van der Waals surface area contributed by atoms with Crippen LogP contribution in [0.1, 0.15) is 37.7 Å². The van der Waals surface area contributed by atoms with Crippen LogP contribution in [0.2, 0.25) is 0 Å². The zero-order chi connectivity index (χ0) is 15.4.